The van der Waals surface area contributed by atoms with E-state index in [0.29, 0.717) is 16.5 Å². The number of rotatable bonds is 3. The highest BCUT2D eigenvalue weighted by Gasteiger charge is 2.23. The van der Waals surface area contributed by atoms with Crippen LogP contribution in [0.3, 0.4) is 0 Å². The van der Waals surface area contributed by atoms with Gasteiger partial charge < -0.3 is 15.5 Å². The number of nitrogens with one attached hydrogen (secondary N) is 2. The van der Waals surface area contributed by atoms with Gasteiger partial charge in [-0.2, -0.15) is 0 Å². The predicted molar refractivity (Wildman–Crippen MR) is 96.0 cm³/mol. The lowest BCUT2D eigenvalue weighted by Gasteiger charge is -2.30. The standard InChI is InChI=1S/C16H22ClN3O2S/c17-12-4-5-15(20-7-2-1-3-8-20)14(10-12)19-16(21)18-13-6-9-23(22)11-13/h4-5,10,13H,1-3,6-9,11H2,(H2,18,19,21)/t13-,23-/m0/s1. The zero-order valence-corrected chi connectivity index (χ0v) is 14.6. The third kappa shape index (κ3) is 4.38. The minimum atomic E-state index is -0.800. The predicted octanol–water partition coefficient (Wildman–Crippen LogP) is 2.97. The van der Waals surface area contributed by atoms with E-state index >= 15 is 0 Å². The van der Waals surface area contributed by atoms with E-state index in [0.717, 1.165) is 30.9 Å². The zero-order chi connectivity index (χ0) is 16.2. The van der Waals surface area contributed by atoms with Crippen LogP contribution < -0.4 is 15.5 Å². The van der Waals surface area contributed by atoms with E-state index in [2.05, 4.69) is 15.5 Å². The van der Waals surface area contributed by atoms with Crippen LogP contribution in [0.1, 0.15) is 25.7 Å². The van der Waals surface area contributed by atoms with Crippen molar-refractivity contribution < 1.29 is 9.00 Å². The van der Waals surface area contributed by atoms with Crippen molar-refractivity contribution in [2.45, 2.75) is 31.7 Å². The van der Waals surface area contributed by atoms with Gasteiger partial charge in [0.05, 0.1) is 11.4 Å². The summed E-state index contributed by atoms with van der Waals surface area (Å²) >= 11 is 6.10. The average molecular weight is 356 g/mol. The first-order valence-corrected chi connectivity index (χ1v) is 9.95. The second kappa shape index (κ2) is 7.53. The van der Waals surface area contributed by atoms with Gasteiger partial charge in [-0.3, -0.25) is 4.21 Å². The molecule has 126 valence electrons. The number of anilines is 2. The molecule has 0 aromatic heterocycles. The smallest absolute Gasteiger partial charge is 0.319 e. The van der Waals surface area contributed by atoms with Crippen molar-refractivity contribution in [3.63, 3.8) is 0 Å². The molecule has 0 saturated carbocycles. The summed E-state index contributed by atoms with van der Waals surface area (Å²) in [6.45, 7) is 2.00. The molecule has 2 N–H and O–H groups in total. The van der Waals surface area contributed by atoms with Crippen LogP contribution in [0.5, 0.6) is 0 Å². The van der Waals surface area contributed by atoms with Crippen LogP contribution in [-0.2, 0) is 10.8 Å². The van der Waals surface area contributed by atoms with Crippen LogP contribution in [0, 0.1) is 0 Å². The van der Waals surface area contributed by atoms with Crippen molar-refractivity contribution in [3.8, 4) is 0 Å². The van der Waals surface area contributed by atoms with Crippen molar-refractivity contribution in [2.75, 3.05) is 34.8 Å². The summed E-state index contributed by atoms with van der Waals surface area (Å²) in [7, 11) is -0.800. The first kappa shape index (κ1) is 16.6. The highest BCUT2D eigenvalue weighted by molar-refractivity contribution is 7.85. The Kier molecular flexibility index (Phi) is 5.43. The van der Waals surface area contributed by atoms with Gasteiger partial charge in [-0.05, 0) is 43.9 Å². The summed E-state index contributed by atoms with van der Waals surface area (Å²) in [6, 6.07) is 5.35. The fraction of sp³-hybridized carbons (Fsp3) is 0.562. The van der Waals surface area contributed by atoms with Crippen LogP contribution in [0.15, 0.2) is 18.2 Å². The normalized spacial score (nSPS) is 24.5. The summed E-state index contributed by atoms with van der Waals surface area (Å²) < 4.78 is 11.4. The van der Waals surface area contributed by atoms with Crippen LogP contribution in [0.2, 0.25) is 5.02 Å². The first-order valence-electron chi connectivity index (χ1n) is 8.09. The fourth-order valence-electron chi connectivity index (χ4n) is 3.14. The Hall–Kier alpha value is -1.27. The molecule has 2 aliphatic heterocycles. The monoisotopic (exact) mass is 355 g/mol. The number of halogens is 1. The lowest BCUT2D eigenvalue weighted by atomic mass is 10.1. The van der Waals surface area contributed by atoms with E-state index in [9.17, 15) is 9.00 Å². The molecule has 1 aromatic rings. The van der Waals surface area contributed by atoms with Gasteiger partial charge in [-0.25, -0.2) is 4.79 Å². The molecular formula is C16H22ClN3O2S. The molecule has 7 heteroatoms. The van der Waals surface area contributed by atoms with E-state index in [4.69, 9.17) is 11.6 Å². The van der Waals surface area contributed by atoms with Gasteiger partial charge in [0.2, 0.25) is 0 Å². The van der Waals surface area contributed by atoms with Crippen molar-refractivity contribution in [1.82, 2.24) is 5.32 Å². The lowest BCUT2D eigenvalue weighted by Crippen LogP contribution is -2.39. The maximum absolute atomic E-state index is 12.2. The van der Waals surface area contributed by atoms with Crippen molar-refractivity contribution in [2.24, 2.45) is 0 Å². The second-order valence-electron chi connectivity index (χ2n) is 6.10. The van der Waals surface area contributed by atoms with Crippen molar-refractivity contribution in [1.29, 1.82) is 0 Å². The molecular weight excluding hydrogens is 334 g/mol. The Bertz CT molecular complexity index is 605. The highest BCUT2D eigenvalue weighted by atomic mass is 35.5. The quantitative estimate of drug-likeness (QED) is 0.876. The molecule has 3 rings (SSSR count). The molecule has 2 atom stereocenters. The van der Waals surface area contributed by atoms with Gasteiger partial charge >= 0.3 is 6.03 Å². The number of hydrogen-bond donors (Lipinski definition) is 2. The zero-order valence-electron chi connectivity index (χ0n) is 13.0. The molecule has 0 bridgehead atoms. The Labute approximate surface area is 144 Å². The van der Waals surface area contributed by atoms with Crippen LogP contribution >= 0.6 is 11.6 Å². The number of piperidine rings is 1. The first-order chi connectivity index (χ1) is 11.1. The van der Waals surface area contributed by atoms with E-state index in [-0.39, 0.29) is 12.1 Å². The van der Waals surface area contributed by atoms with Gasteiger partial charge in [0.1, 0.15) is 0 Å². The van der Waals surface area contributed by atoms with Crippen LogP contribution in [0.4, 0.5) is 16.2 Å². The molecule has 5 nitrogen and oxygen atoms in total. The molecule has 2 saturated heterocycles. The molecule has 23 heavy (non-hydrogen) atoms. The molecule has 2 fully saturated rings. The van der Waals surface area contributed by atoms with Crippen molar-refractivity contribution in [3.05, 3.63) is 23.2 Å². The van der Waals surface area contributed by atoms with E-state index < -0.39 is 10.8 Å². The third-order valence-electron chi connectivity index (χ3n) is 4.32. The minimum absolute atomic E-state index is 0.00606. The second-order valence-corrected chi connectivity index (χ2v) is 8.16. The molecule has 2 heterocycles. The van der Waals surface area contributed by atoms with Crippen LogP contribution in [-0.4, -0.2) is 40.9 Å². The number of benzene rings is 1. The van der Waals surface area contributed by atoms with E-state index in [1.165, 1.54) is 19.3 Å². The maximum atomic E-state index is 12.2. The highest BCUT2D eigenvalue weighted by Crippen LogP contribution is 2.31. The molecule has 2 aliphatic rings. The number of urea groups is 1. The van der Waals surface area contributed by atoms with Gasteiger partial charge in [-0.15, -0.1) is 0 Å². The summed E-state index contributed by atoms with van der Waals surface area (Å²) in [6.07, 6.45) is 4.37. The van der Waals surface area contributed by atoms with Crippen molar-refractivity contribution >= 4 is 39.8 Å². The van der Waals surface area contributed by atoms with Gasteiger partial charge in [0.25, 0.3) is 0 Å². The summed E-state index contributed by atoms with van der Waals surface area (Å²) in [5.41, 5.74) is 1.75. The number of nitrogens with zero attached hydrogens (tertiary/aromatic N) is 1. The van der Waals surface area contributed by atoms with Gasteiger partial charge in [0, 0.05) is 46.5 Å². The van der Waals surface area contributed by atoms with Crippen LogP contribution in [0.25, 0.3) is 0 Å². The minimum Gasteiger partial charge on any atom is -0.370 e. The van der Waals surface area contributed by atoms with E-state index in [1.807, 2.05) is 12.1 Å². The van der Waals surface area contributed by atoms with Gasteiger partial charge in [0.15, 0.2) is 0 Å². The Morgan fingerprint density at radius 3 is 2.74 bits per heavy atom. The third-order valence-corrected chi connectivity index (χ3v) is 6.02. The largest absolute Gasteiger partial charge is 0.370 e. The Balaban J connectivity index is 1.69. The number of hydrogen-bond acceptors (Lipinski definition) is 3. The Morgan fingerprint density at radius 1 is 1.26 bits per heavy atom. The number of carbonyl (C=O) groups is 1. The number of carbonyl (C=O) groups excluding carboxylic acids is 1. The molecule has 0 aliphatic carbocycles. The lowest BCUT2D eigenvalue weighted by molar-refractivity contribution is 0.249. The summed E-state index contributed by atoms with van der Waals surface area (Å²) in [5, 5.41) is 6.42. The molecule has 0 radical (unpaired) electrons. The molecule has 1 aromatic carbocycles. The average Bonchev–Trinajstić information content (AvgIpc) is 2.93. The SMILES string of the molecule is O=C(Nc1cc(Cl)ccc1N1CCCCC1)N[C@H]1CC[S@](=O)C1. The topological polar surface area (TPSA) is 61.4 Å². The molecule has 0 unspecified atom stereocenters. The Morgan fingerprint density at radius 2 is 2.04 bits per heavy atom. The number of amides is 2. The summed E-state index contributed by atoms with van der Waals surface area (Å²) in [5.74, 6) is 1.21. The fourth-order valence-corrected chi connectivity index (χ4v) is 4.73. The van der Waals surface area contributed by atoms with Gasteiger partial charge in [-0.1, -0.05) is 11.6 Å². The molecule has 0 spiro atoms. The maximum Gasteiger partial charge on any atom is 0.319 e. The molecule has 2 amide bonds. The van der Waals surface area contributed by atoms with E-state index in [1.54, 1.807) is 6.07 Å². The summed E-state index contributed by atoms with van der Waals surface area (Å²) in [4.78, 5) is 14.5.